The van der Waals surface area contributed by atoms with Crippen molar-refractivity contribution in [2.45, 2.75) is 18.5 Å². The topological polar surface area (TPSA) is 131 Å². The number of aryl methyl sites for hydroxylation is 1. The van der Waals surface area contributed by atoms with Crippen LogP contribution in [0.5, 0.6) is 5.75 Å². The molecule has 3 rings (SSSR count). The van der Waals surface area contributed by atoms with Crippen molar-refractivity contribution in [1.29, 1.82) is 0 Å². The Hall–Kier alpha value is -3.15. The Balaban J connectivity index is 2.27. The molecular formula is C17H16F3N3O6. The summed E-state index contributed by atoms with van der Waals surface area (Å²) in [5.74, 6) is -4.04. The summed E-state index contributed by atoms with van der Waals surface area (Å²) in [6.07, 6.45) is -4.50. The van der Waals surface area contributed by atoms with Gasteiger partial charge in [-0.15, -0.1) is 0 Å². The number of rotatable bonds is 4. The number of aromatic nitrogens is 2. The minimum Gasteiger partial charge on any atom is -0.506 e. The van der Waals surface area contributed by atoms with Crippen LogP contribution in [-0.4, -0.2) is 51.4 Å². The number of alkyl halides is 3. The largest absolute Gasteiger partial charge is 0.506 e. The quantitative estimate of drug-likeness (QED) is 0.678. The van der Waals surface area contributed by atoms with Crippen LogP contribution in [0.1, 0.15) is 34.0 Å². The van der Waals surface area contributed by atoms with Gasteiger partial charge in [0.25, 0.3) is 11.5 Å². The van der Waals surface area contributed by atoms with Crippen LogP contribution < -0.4 is 10.9 Å². The lowest BCUT2D eigenvalue weighted by Gasteiger charge is -2.19. The van der Waals surface area contributed by atoms with E-state index in [-0.39, 0.29) is 24.2 Å². The van der Waals surface area contributed by atoms with Crippen molar-refractivity contribution in [2.24, 2.45) is 7.05 Å². The van der Waals surface area contributed by atoms with Crippen LogP contribution in [0.25, 0.3) is 11.0 Å². The van der Waals surface area contributed by atoms with Crippen LogP contribution in [-0.2, 0) is 22.8 Å². The van der Waals surface area contributed by atoms with Gasteiger partial charge in [-0.2, -0.15) is 13.2 Å². The van der Waals surface area contributed by atoms with Crippen LogP contribution in [0.3, 0.4) is 0 Å². The van der Waals surface area contributed by atoms with Gasteiger partial charge in [-0.05, 0) is 18.1 Å². The number of hydrogen-bond donors (Lipinski definition) is 3. The Morgan fingerprint density at radius 3 is 2.66 bits per heavy atom. The van der Waals surface area contributed by atoms with Crippen LogP contribution in [0.15, 0.2) is 10.9 Å². The Bertz CT molecular complexity index is 1060. The van der Waals surface area contributed by atoms with E-state index in [0.29, 0.717) is 11.0 Å². The van der Waals surface area contributed by atoms with Crippen LogP contribution >= 0.6 is 0 Å². The van der Waals surface area contributed by atoms with Crippen molar-refractivity contribution in [3.8, 4) is 5.75 Å². The molecule has 0 spiro atoms. The van der Waals surface area contributed by atoms with E-state index in [1.54, 1.807) is 0 Å². The number of nitrogens with one attached hydrogen (secondary N) is 1. The van der Waals surface area contributed by atoms with E-state index in [1.807, 2.05) is 5.32 Å². The number of hydrogen-bond acceptors (Lipinski definition) is 6. The van der Waals surface area contributed by atoms with Crippen molar-refractivity contribution in [2.75, 3.05) is 19.8 Å². The van der Waals surface area contributed by atoms with Crippen LogP contribution in [0.4, 0.5) is 13.2 Å². The molecule has 0 bridgehead atoms. The fraction of sp³-hybridized carbons (Fsp3) is 0.412. The minimum atomic E-state index is -4.81. The Kier molecular flexibility index (Phi) is 5.22. The Labute approximate surface area is 160 Å². The molecule has 1 atom stereocenters. The summed E-state index contributed by atoms with van der Waals surface area (Å²) in [6.45, 7) is -0.508. The molecule has 3 N–H and O–H groups in total. The molecule has 1 saturated heterocycles. The monoisotopic (exact) mass is 415 g/mol. The molecule has 1 amide bonds. The summed E-state index contributed by atoms with van der Waals surface area (Å²) in [4.78, 5) is 38.8. The minimum absolute atomic E-state index is 0.0365. The lowest BCUT2D eigenvalue weighted by Crippen LogP contribution is -2.35. The number of carbonyl (C=O) groups excluding carboxylic acids is 1. The summed E-state index contributed by atoms with van der Waals surface area (Å²) in [5.41, 5.74) is -3.77. The Morgan fingerprint density at radius 1 is 1.41 bits per heavy atom. The highest BCUT2D eigenvalue weighted by Gasteiger charge is 2.39. The predicted molar refractivity (Wildman–Crippen MR) is 91.8 cm³/mol. The number of carboxylic acids is 1. The van der Waals surface area contributed by atoms with E-state index in [9.17, 15) is 32.7 Å². The number of amides is 1. The SMILES string of the molecule is Cn1c(=O)c(C(=O)NCC(=O)O)c(O)c2cc([C@H]3CCOC3)c(C(F)(F)F)nc21. The number of nitrogens with zero attached hydrogens (tertiary/aromatic N) is 2. The van der Waals surface area contributed by atoms with E-state index < -0.39 is 58.7 Å². The second-order valence-corrected chi connectivity index (χ2v) is 6.52. The molecular weight excluding hydrogens is 399 g/mol. The first-order valence-electron chi connectivity index (χ1n) is 8.44. The third-order valence-corrected chi connectivity index (χ3v) is 4.63. The summed E-state index contributed by atoms with van der Waals surface area (Å²) < 4.78 is 46.6. The van der Waals surface area contributed by atoms with Crippen molar-refractivity contribution in [3.63, 3.8) is 0 Å². The molecule has 29 heavy (non-hydrogen) atoms. The molecule has 0 aromatic carbocycles. The number of ether oxygens (including phenoxy) is 1. The zero-order valence-corrected chi connectivity index (χ0v) is 15.0. The first-order valence-corrected chi connectivity index (χ1v) is 8.44. The molecule has 0 aliphatic carbocycles. The average Bonchev–Trinajstić information content (AvgIpc) is 3.17. The van der Waals surface area contributed by atoms with Gasteiger partial charge in [-0.3, -0.25) is 19.0 Å². The average molecular weight is 415 g/mol. The van der Waals surface area contributed by atoms with Gasteiger partial charge in [0.05, 0.1) is 12.0 Å². The van der Waals surface area contributed by atoms with Crippen molar-refractivity contribution in [1.82, 2.24) is 14.9 Å². The van der Waals surface area contributed by atoms with Gasteiger partial charge >= 0.3 is 12.1 Å². The van der Waals surface area contributed by atoms with Gasteiger partial charge in [-0.25, -0.2) is 4.98 Å². The standard InChI is InChI=1S/C17H16F3N3O6/c1-23-14-9(12(26)11(16(23)28)15(27)21-5-10(24)25)4-8(7-2-3-29-6-7)13(22-14)17(18,19)20/h4,7,26H,2-3,5-6H2,1H3,(H,21,27)(H,24,25)/t7-/m0/s1. The molecule has 1 aliphatic heterocycles. The second-order valence-electron chi connectivity index (χ2n) is 6.52. The number of carboxylic acid groups (broad SMARTS) is 1. The van der Waals surface area contributed by atoms with Gasteiger partial charge in [0.15, 0.2) is 0 Å². The van der Waals surface area contributed by atoms with Crippen molar-refractivity contribution < 1.29 is 37.7 Å². The highest BCUT2D eigenvalue weighted by molar-refractivity contribution is 6.02. The third-order valence-electron chi connectivity index (χ3n) is 4.63. The van der Waals surface area contributed by atoms with Gasteiger partial charge in [0, 0.05) is 19.6 Å². The summed E-state index contributed by atoms with van der Waals surface area (Å²) in [5, 5.41) is 20.8. The molecule has 0 saturated carbocycles. The maximum Gasteiger partial charge on any atom is 0.433 e. The van der Waals surface area contributed by atoms with Gasteiger partial charge in [0.2, 0.25) is 0 Å². The maximum absolute atomic E-state index is 13.6. The normalized spacial score (nSPS) is 16.9. The zero-order chi connectivity index (χ0) is 21.5. The predicted octanol–water partition coefficient (Wildman–Crippen LogP) is 0.976. The lowest BCUT2D eigenvalue weighted by molar-refractivity contribution is -0.142. The van der Waals surface area contributed by atoms with Gasteiger partial charge in [-0.1, -0.05) is 0 Å². The second kappa shape index (κ2) is 7.35. The number of aromatic hydroxyl groups is 1. The lowest BCUT2D eigenvalue weighted by atomic mass is 9.95. The molecule has 3 heterocycles. The van der Waals surface area contributed by atoms with E-state index in [2.05, 4.69) is 4.98 Å². The first-order chi connectivity index (χ1) is 13.5. The third kappa shape index (κ3) is 3.75. The summed E-state index contributed by atoms with van der Waals surface area (Å²) in [7, 11) is 1.10. The summed E-state index contributed by atoms with van der Waals surface area (Å²) in [6, 6.07) is 1.05. The molecule has 1 fully saturated rings. The summed E-state index contributed by atoms with van der Waals surface area (Å²) >= 11 is 0. The smallest absolute Gasteiger partial charge is 0.433 e. The van der Waals surface area contributed by atoms with E-state index in [4.69, 9.17) is 9.84 Å². The van der Waals surface area contributed by atoms with Crippen molar-refractivity contribution >= 4 is 22.9 Å². The van der Waals surface area contributed by atoms with E-state index in [0.717, 1.165) is 13.1 Å². The highest BCUT2D eigenvalue weighted by Crippen LogP contribution is 2.39. The number of carbonyl (C=O) groups is 2. The maximum atomic E-state index is 13.6. The molecule has 2 aromatic rings. The first kappa shape index (κ1) is 20.6. The molecule has 12 heteroatoms. The molecule has 0 unspecified atom stereocenters. The van der Waals surface area contributed by atoms with Crippen LogP contribution in [0, 0.1) is 0 Å². The fourth-order valence-electron chi connectivity index (χ4n) is 3.22. The van der Waals surface area contributed by atoms with E-state index >= 15 is 0 Å². The molecule has 2 aromatic heterocycles. The van der Waals surface area contributed by atoms with E-state index in [1.165, 1.54) is 0 Å². The molecule has 0 radical (unpaired) electrons. The molecule has 1 aliphatic rings. The van der Waals surface area contributed by atoms with Crippen LogP contribution in [0.2, 0.25) is 0 Å². The van der Waals surface area contributed by atoms with Crippen molar-refractivity contribution in [3.05, 3.63) is 33.2 Å². The van der Waals surface area contributed by atoms with Gasteiger partial charge < -0.3 is 20.3 Å². The molecule has 156 valence electrons. The van der Waals surface area contributed by atoms with Gasteiger partial charge in [0.1, 0.15) is 29.2 Å². The zero-order valence-electron chi connectivity index (χ0n) is 15.0. The highest BCUT2D eigenvalue weighted by atomic mass is 19.4. The number of pyridine rings is 2. The Morgan fingerprint density at radius 2 is 2.10 bits per heavy atom. The fourth-order valence-corrected chi connectivity index (χ4v) is 3.22. The number of aliphatic carboxylic acids is 1. The molecule has 9 nitrogen and oxygen atoms in total. The number of halogens is 3. The number of fused-ring (bicyclic) bond motifs is 1.